The Morgan fingerprint density at radius 2 is 2.21 bits per heavy atom. The van der Waals surface area contributed by atoms with E-state index in [1.165, 1.54) is 0 Å². The van der Waals surface area contributed by atoms with Crippen LogP contribution in [0.2, 0.25) is 0 Å². The van der Waals surface area contributed by atoms with Gasteiger partial charge in [-0.25, -0.2) is 0 Å². The second kappa shape index (κ2) is 7.96. The molecule has 1 saturated heterocycles. The highest BCUT2D eigenvalue weighted by Gasteiger charge is 2.40. The third-order valence-corrected chi connectivity index (χ3v) is 4.21. The molecule has 6 nitrogen and oxygen atoms in total. The highest BCUT2D eigenvalue weighted by Crippen LogP contribution is 2.24. The molecule has 1 aliphatic rings. The maximum Gasteiger partial charge on any atom is 0.255 e. The third kappa shape index (κ3) is 4.26. The molecule has 2 rings (SSSR count). The van der Waals surface area contributed by atoms with E-state index in [0.717, 1.165) is 23.4 Å². The molecule has 1 aliphatic heterocycles. The van der Waals surface area contributed by atoms with E-state index in [-0.39, 0.29) is 12.5 Å². The van der Waals surface area contributed by atoms with Gasteiger partial charge in [-0.05, 0) is 31.5 Å². The van der Waals surface area contributed by atoms with E-state index in [2.05, 4.69) is 4.90 Å². The lowest BCUT2D eigenvalue weighted by Crippen LogP contribution is -2.57. The van der Waals surface area contributed by atoms with Gasteiger partial charge >= 0.3 is 0 Å². The van der Waals surface area contributed by atoms with Gasteiger partial charge in [0, 0.05) is 39.3 Å². The van der Waals surface area contributed by atoms with Gasteiger partial charge in [-0.3, -0.25) is 9.69 Å². The van der Waals surface area contributed by atoms with E-state index in [4.69, 9.17) is 9.47 Å². The zero-order valence-corrected chi connectivity index (χ0v) is 15.0. The van der Waals surface area contributed by atoms with Crippen LogP contribution in [0.1, 0.15) is 25.0 Å². The molecule has 0 spiro atoms. The van der Waals surface area contributed by atoms with Crippen molar-refractivity contribution in [2.75, 3.05) is 40.4 Å². The molecule has 1 heterocycles. The Kier molecular flexibility index (Phi) is 6.21. The number of carbonyl (C=O) groups excluding carboxylic acids is 1. The van der Waals surface area contributed by atoms with Gasteiger partial charge < -0.3 is 19.5 Å². The van der Waals surface area contributed by atoms with Crippen molar-refractivity contribution in [3.8, 4) is 5.75 Å². The Morgan fingerprint density at radius 1 is 1.46 bits per heavy atom. The summed E-state index contributed by atoms with van der Waals surface area (Å²) in [4.78, 5) is 16.1. The van der Waals surface area contributed by atoms with Crippen LogP contribution in [-0.4, -0.2) is 66.8 Å². The zero-order valence-electron chi connectivity index (χ0n) is 15.0. The first kappa shape index (κ1) is 18.7. The molecular weight excluding hydrogens is 308 g/mol. The highest BCUT2D eigenvalue weighted by molar-refractivity contribution is 5.84. The van der Waals surface area contributed by atoms with Crippen LogP contribution >= 0.6 is 0 Å². The van der Waals surface area contributed by atoms with Crippen molar-refractivity contribution >= 4 is 5.91 Å². The zero-order chi connectivity index (χ0) is 17.7. The smallest absolute Gasteiger partial charge is 0.255 e. The molecule has 1 N–H and O–H groups in total. The summed E-state index contributed by atoms with van der Waals surface area (Å²) in [5, 5.41) is 9.53. The van der Waals surface area contributed by atoms with Crippen molar-refractivity contribution in [1.82, 2.24) is 9.80 Å². The number of morpholine rings is 1. The normalized spacial score (nSPS) is 21.5. The van der Waals surface area contributed by atoms with E-state index >= 15 is 0 Å². The summed E-state index contributed by atoms with van der Waals surface area (Å²) < 4.78 is 11.3. The first-order chi connectivity index (χ1) is 11.4. The number of carbonyl (C=O) groups is 1. The molecule has 1 fully saturated rings. The predicted molar refractivity (Wildman–Crippen MR) is 91.9 cm³/mol. The Hall–Kier alpha value is -1.63. The van der Waals surface area contributed by atoms with Gasteiger partial charge in [0.05, 0.1) is 19.8 Å². The first-order valence-corrected chi connectivity index (χ1v) is 8.33. The van der Waals surface area contributed by atoms with Crippen LogP contribution in [0, 0.1) is 0 Å². The van der Waals surface area contributed by atoms with Crippen molar-refractivity contribution in [1.29, 1.82) is 0 Å². The Bertz CT molecular complexity index is 576. The highest BCUT2D eigenvalue weighted by atomic mass is 16.5. The quantitative estimate of drug-likeness (QED) is 0.847. The molecule has 0 unspecified atom stereocenters. The fourth-order valence-corrected chi connectivity index (χ4v) is 3.10. The molecule has 0 aliphatic carbocycles. The van der Waals surface area contributed by atoms with Gasteiger partial charge in [-0.1, -0.05) is 6.07 Å². The number of hydrogen-bond acceptors (Lipinski definition) is 5. The maximum atomic E-state index is 12.4. The molecule has 0 saturated carbocycles. The van der Waals surface area contributed by atoms with E-state index < -0.39 is 5.60 Å². The molecule has 134 valence electrons. The second-order valence-electron chi connectivity index (χ2n) is 6.52. The summed E-state index contributed by atoms with van der Waals surface area (Å²) in [6.07, 6.45) is 0. The Morgan fingerprint density at radius 3 is 2.83 bits per heavy atom. The van der Waals surface area contributed by atoms with E-state index in [9.17, 15) is 9.90 Å². The van der Waals surface area contributed by atoms with E-state index in [0.29, 0.717) is 26.3 Å². The number of rotatable bonds is 6. The van der Waals surface area contributed by atoms with Crippen LogP contribution in [0.3, 0.4) is 0 Å². The molecule has 24 heavy (non-hydrogen) atoms. The van der Waals surface area contributed by atoms with Crippen molar-refractivity contribution in [2.45, 2.75) is 32.6 Å². The van der Waals surface area contributed by atoms with Crippen LogP contribution in [-0.2, 0) is 22.7 Å². The number of benzene rings is 1. The average molecular weight is 336 g/mol. The summed E-state index contributed by atoms with van der Waals surface area (Å²) in [5.74, 6) is 0.702. The number of likely N-dealkylation sites (N-methyl/N-ethyl adjacent to an activating group) is 1. The van der Waals surface area contributed by atoms with E-state index in [1.807, 2.05) is 32.0 Å². The summed E-state index contributed by atoms with van der Waals surface area (Å²) in [6, 6.07) is 5.87. The summed E-state index contributed by atoms with van der Waals surface area (Å²) in [6.45, 7) is 6.84. The number of nitrogens with zero attached hydrogens (tertiary/aromatic N) is 2. The summed E-state index contributed by atoms with van der Waals surface area (Å²) >= 11 is 0. The second-order valence-corrected chi connectivity index (χ2v) is 6.52. The standard InChI is InChI=1S/C18H28N2O4/c1-5-23-16-7-6-14(10-15(16)12-21)11-20-8-9-24-18(2,13-20)17(22)19(3)4/h6-7,10,21H,5,8-9,11-13H2,1-4H3/t18-/m1/s1. The monoisotopic (exact) mass is 336 g/mol. The SMILES string of the molecule is CCOc1ccc(CN2CCO[C@@](C)(C(=O)N(C)C)C2)cc1CO. The predicted octanol–water partition coefficient (Wildman–Crippen LogP) is 1.26. The van der Waals surface area contributed by atoms with Crippen LogP contribution in [0.4, 0.5) is 0 Å². The van der Waals surface area contributed by atoms with Gasteiger partial charge in [-0.2, -0.15) is 0 Å². The van der Waals surface area contributed by atoms with Crippen LogP contribution in [0.5, 0.6) is 5.75 Å². The van der Waals surface area contributed by atoms with Crippen molar-refractivity contribution in [3.63, 3.8) is 0 Å². The van der Waals surface area contributed by atoms with Crippen molar-refractivity contribution in [3.05, 3.63) is 29.3 Å². The number of aliphatic hydroxyl groups excluding tert-OH is 1. The topological polar surface area (TPSA) is 62.2 Å². The maximum absolute atomic E-state index is 12.4. The number of ether oxygens (including phenoxy) is 2. The lowest BCUT2D eigenvalue weighted by atomic mass is 10.0. The van der Waals surface area contributed by atoms with Gasteiger partial charge in [0.25, 0.3) is 5.91 Å². The summed E-state index contributed by atoms with van der Waals surface area (Å²) in [7, 11) is 3.49. The van der Waals surface area contributed by atoms with Crippen molar-refractivity contribution in [2.24, 2.45) is 0 Å². The Balaban J connectivity index is 2.09. The minimum absolute atomic E-state index is 0.0186. The van der Waals surface area contributed by atoms with Gasteiger partial charge in [0.1, 0.15) is 5.75 Å². The molecule has 0 radical (unpaired) electrons. The molecule has 0 aromatic heterocycles. The van der Waals surface area contributed by atoms with Crippen LogP contribution in [0.25, 0.3) is 0 Å². The first-order valence-electron chi connectivity index (χ1n) is 8.33. The van der Waals surface area contributed by atoms with Gasteiger partial charge in [-0.15, -0.1) is 0 Å². The molecule has 1 aromatic rings. The third-order valence-electron chi connectivity index (χ3n) is 4.21. The molecule has 0 bridgehead atoms. The number of aliphatic hydroxyl groups is 1. The van der Waals surface area contributed by atoms with Gasteiger partial charge in [0.15, 0.2) is 5.60 Å². The lowest BCUT2D eigenvalue weighted by molar-refractivity contribution is -0.165. The molecular formula is C18H28N2O4. The average Bonchev–Trinajstić information content (AvgIpc) is 2.55. The summed E-state index contributed by atoms with van der Waals surface area (Å²) in [5.41, 5.74) is 1.06. The van der Waals surface area contributed by atoms with Gasteiger partial charge in [0.2, 0.25) is 0 Å². The molecule has 1 aromatic carbocycles. The molecule has 1 amide bonds. The number of amides is 1. The fourth-order valence-electron chi connectivity index (χ4n) is 3.10. The minimum atomic E-state index is -0.813. The number of hydrogen-bond donors (Lipinski definition) is 1. The fraction of sp³-hybridized carbons (Fsp3) is 0.611. The van der Waals surface area contributed by atoms with Crippen molar-refractivity contribution < 1.29 is 19.4 Å². The van der Waals surface area contributed by atoms with Crippen LogP contribution in [0.15, 0.2) is 18.2 Å². The largest absolute Gasteiger partial charge is 0.494 e. The minimum Gasteiger partial charge on any atom is -0.494 e. The molecule has 1 atom stereocenters. The lowest BCUT2D eigenvalue weighted by Gasteiger charge is -2.40. The van der Waals surface area contributed by atoms with Crippen LogP contribution < -0.4 is 4.74 Å². The Labute approximate surface area is 144 Å². The molecule has 6 heteroatoms. The van der Waals surface area contributed by atoms with E-state index in [1.54, 1.807) is 19.0 Å².